The predicted molar refractivity (Wildman–Crippen MR) is 56.1 cm³/mol. The number of fused-ring (bicyclic) bond motifs is 1. The van der Waals surface area contributed by atoms with Crippen molar-refractivity contribution in [3.63, 3.8) is 0 Å². The Morgan fingerprint density at radius 1 is 1.23 bits per heavy atom. The van der Waals surface area contributed by atoms with Crippen molar-refractivity contribution >= 4 is 5.84 Å². The van der Waals surface area contributed by atoms with Crippen LogP contribution in [0.3, 0.4) is 0 Å². The molecule has 2 atom stereocenters. The molecule has 74 valence electrons. The Morgan fingerprint density at radius 2 is 1.92 bits per heavy atom. The smallest absolute Gasteiger partial charge is 0.102 e. The second kappa shape index (κ2) is 3.00. The van der Waals surface area contributed by atoms with Crippen molar-refractivity contribution in [3.05, 3.63) is 0 Å². The molecule has 2 aliphatic rings. The number of aliphatic imine (C=N–C) groups is 1. The molecule has 2 nitrogen and oxygen atoms in total. The van der Waals surface area contributed by atoms with Crippen molar-refractivity contribution in [1.82, 2.24) is 5.32 Å². The Hall–Kier alpha value is -0.530. The quantitative estimate of drug-likeness (QED) is 0.608. The first-order valence-electron chi connectivity index (χ1n) is 5.42. The fourth-order valence-electron chi connectivity index (χ4n) is 2.22. The highest BCUT2D eigenvalue weighted by Gasteiger charge is 2.34. The highest BCUT2D eigenvalue weighted by Crippen LogP contribution is 2.29. The maximum atomic E-state index is 4.79. The summed E-state index contributed by atoms with van der Waals surface area (Å²) in [6.45, 7) is 6.70. The first kappa shape index (κ1) is 9.04. The third-order valence-electron chi connectivity index (χ3n) is 3.06. The number of nitrogens with one attached hydrogen (secondary N) is 1. The van der Waals surface area contributed by atoms with Crippen LogP contribution in [0.1, 0.15) is 46.5 Å². The van der Waals surface area contributed by atoms with Gasteiger partial charge >= 0.3 is 0 Å². The number of rotatable bonds is 0. The lowest BCUT2D eigenvalue weighted by atomic mass is 9.91. The summed E-state index contributed by atoms with van der Waals surface area (Å²) in [6.07, 6.45) is 5.34. The molecule has 1 saturated carbocycles. The fourth-order valence-corrected chi connectivity index (χ4v) is 2.22. The summed E-state index contributed by atoms with van der Waals surface area (Å²) in [5.74, 6) is 1.23. The summed E-state index contributed by atoms with van der Waals surface area (Å²) in [5, 5.41) is 3.58. The average molecular weight is 180 g/mol. The van der Waals surface area contributed by atoms with Gasteiger partial charge in [-0.2, -0.15) is 0 Å². The zero-order valence-corrected chi connectivity index (χ0v) is 8.93. The third kappa shape index (κ3) is 1.72. The van der Waals surface area contributed by atoms with E-state index in [1.807, 2.05) is 0 Å². The van der Waals surface area contributed by atoms with Gasteiger partial charge in [0.05, 0.1) is 6.04 Å². The lowest BCUT2D eigenvalue weighted by molar-refractivity contribution is 0.383. The molecule has 1 aliphatic heterocycles. The van der Waals surface area contributed by atoms with E-state index in [0.29, 0.717) is 12.1 Å². The lowest BCUT2D eigenvalue weighted by Gasteiger charge is -2.24. The van der Waals surface area contributed by atoms with E-state index in [2.05, 4.69) is 26.1 Å². The van der Waals surface area contributed by atoms with E-state index in [1.165, 1.54) is 31.5 Å². The minimum absolute atomic E-state index is 0.206. The standard InChI is InChI=1S/C11H20N2/c1-11(2,3)10-12-8-6-4-5-7-9(8)13-10/h8-9H,4-7H2,1-3H3,(H,12,13)/t8-,9-/m1/s1. The number of amidine groups is 1. The molecular weight excluding hydrogens is 160 g/mol. The first-order chi connectivity index (χ1) is 6.07. The topological polar surface area (TPSA) is 24.4 Å². The van der Waals surface area contributed by atoms with Crippen LogP contribution in [0.4, 0.5) is 0 Å². The van der Waals surface area contributed by atoms with Gasteiger partial charge in [-0.15, -0.1) is 0 Å². The van der Waals surface area contributed by atoms with E-state index in [-0.39, 0.29) is 5.41 Å². The highest BCUT2D eigenvalue weighted by molar-refractivity contribution is 5.89. The average Bonchev–Trinajstić information content (AvgIpc) is 2.45. The van der Waals surface area contributed by atoms with Crippen LogP contribution in [0, 0.1) is 5.41 Å². The summed E-state index contributed by atoms with van der Waals surface area (Å²) >= 11 is 0. The summed E-state index contributed by atoms with van der Waals surface area (Å²) in [5.41, 5.74) is 0.206. The molecule has 1 N–H and O–H groups in total. The van der Waals surface area contributed by atoms with Gasteiger partial charge in [0, 0.05) is 11.5 Å². The maximum absolute atomic E-state index is 4.79. The van der Waals surface area contributed by atoms with E-state index in [1.54, 1.807) is 0 Å². The van der Waals surface area contributed by atoms with Gasteiger partial charge < -0.3 is 5.32 Å². The fraction of sp³-hybridized carbons (Fsp3) is 0.909. The van der Waals surface area contributed by atoms with Gasteiger partial charge in [-0.25, -0.2) is 0 Å². The molecule has 2 rings (SSSR count). The van der Waals surface area contributed by atoms with E-state index < -0.39 is 0 Å². The summed E-state index contributed by atoms with van der Waals surface area (Å²) in [6, 6.07) is 1.24. The van der Waals surface area contributed by atoms with Gasteiger partial charge in [0.25, 0.3) is 0 Å². The molecule has 0 saturated heterocycles. The Morgan fingerprint density at radius 3 is 2.54 bits per heavy atom. The number of hydrogen-bond acceptors (Lipinski definition) is 2. The van der Waals surface area contributed by atoms with Crippen LogP contribution >= 0.6 is 0 Å². The van der Waals surface area contributed by atoms with Gasteiger partial charge in [0.15, 0.2) is 0 Å². The molecule has 1 fully saturated rings. The Bertz CT molecular complexity index is 225. The highest BCUT2D eigenvalue weighted by atomic mass is 15.1. The normalized spacial score (nSPS) is 33.6. The molecule has 0 bridgehead atoms. The van der Waals surface area contributed by atoms with Crippen LogP contribution < -0.4 is 5.32 Å². The van der Waals surface area contributed by atoms with Gasteiger partial charge in [-0.1, -0.05) is 33.6 Å². The van der Waals surface area contributed by atoms with Crippen LogP contribution in [-0.2, 0) is 0 Å². The van der Waals surface area contributed by atoms with Gasteiger partial charge in [-0.05, 0) is 12.8 Å². The van der Waals surface area contributed by atoms with Crippen molar-refractivity contribution in [2.45, 2.75) is 58.5 Å². The monoisotopic (exact) mass is 180 g/mol. The Labute approximate surface area is 80.8 Å². The Kier molecular flexibility index (Phi) is 2.09. The largest absolute Gasteiger partial charge is 0.368 e. The molecule has 1 aliphatic carbocycles. The third-order valence-corrected chi connectivity index (χ3v) is 3.06. The predicted octanol–water partition coefficient (Wildman–Crippen LogP) is 2.35. The van der Waals surface area contributed by atoms with E-state index in [9.17, 15) is 0 Å². The molecular formula is C11H20N2. The van der Waals surface area contributed by atoms with Crippen LogP contribution in [0.2, 0.25) is 0 Å². The van der Waals surface area contributed by atoms with E-state index in [0.717, 1.165) is 0 Å². The maximum Gasteiger partial charge on any atom is 0.102 e. The van der Waals surface area contributed by atoms with Crippen LogP contribution in [-0.4, -0.2) is 17.9 Å². The van der Waals surface area contributed by atoms with Gasteiger partial charge in [-0.3, -0.25) is 4.99 Å². The van der Waals surface area contributed by atoms with Crippen LogP contribution in [0.5, 0.6) is 0 Å². The van der Waals surface area contributed by atoms with Crippen molar-refractivity contribution in [2.75, 3.05) is 0 Å². The van der Waals surface area contributed by atoms with Crippen LogP contribution in [0.25, 0.3) is 0 Å². The molecule has 0 spiro atoms. The minimum atomic E-state index is 0.206. The van der Waals surface area contributed by atoms with Crippen LogP contribution in [0.15, 0.2) is 4.99 Å². The minimum Gasteiger partial charge on any atom is -0.368 e. The first-order valence-corrected chi connectivity index (χ1v) is 5.42. The summed E-state index contributed by atoms with van der Waals surface area (Å²) < 4.78 is 0. The summed E-state index contributed by atoms with van der Waals surface area (Å²) in [7, 11) is 0. The Balaban J connectivity index is 2.09. The van der Waals surface area contributed by atoms with E-state index in [4.69, 9.17) is 4.99 Å². The lowest BCUT2D eigenvalue weighted by Crippen LogP contribution is -2.40. The van der Waals surface area contributed by atoms with Crippen molar-refractivity contribution < 1.29 is 0 Å². The number of hydrogen-bond donors (Lipinski definition) is 1. The second-order valence-corrected chi connectivity index (χ2v) is 5.33. The van der Waals surface area contributed by atoms with Crippen molar-refractivity contribution in [1.29, 1.82) is 0 Å². The molecule has 0 aromatic rings. The molecule has 0 amide bonds. The van der Waals surface area contributed by atoms with Gasteiger partial charge in [0.2, 0.25) is 0 Å². The zero-order chi connectivity index (χ0) is 9.47. The van der Waals surface area contributed by atoms with Gasteiger partial charge in [0.1, 0.15) is 5.84 Å². The molecule has 0 aromatic heterocycles. The molecule has 0 radical (unpaired) electrons. The number of nitrogens with zero attached hydrogens (tertiary/aromatic N) is 1. The molecule has 1 heterocycles. The molecule has 0 aromatic carbocycles. The SMILES string of the molecule is CC(C)(C)C1=N[C@@H]2CCCC[C@H]2N1. The van der Waals surface area contributed by atoms with Crippen molar-refractivity contribution in [3.8, 4) is 0 Å². The van der Waals surface area contributed by atoms with Crippen molar-refractivity contribution in [2.24, 2.45) is 10.4 Å². The zero-order valence-electron chi connectivity index (χ0n) is 8.93. The molecule has 2 heteroatoms. The molecule has 13 heavy (non-hydrogen) atoms. The molecule has 0 unspecified atom stereocenters. The second-order valence-electron chi connectivity index (χ2n) is 5.33. The summed E-state index contributed by atoms with van der Waals surface area (Å²) in [4.78, 5) is 4.79. The van der Waals surface area contributed by atoms with E-state index >= 15 is 0 Å².